The van der Waals surface area contributed by atoms with E-state index in [1.807, 2.05) is 6.20 Å². The highest BCUT2D eigenvalue weighted by Gasteiger charge is 2.15. The van der Waals surface area contributed by atoms with Crippen molar-refractivity contribution in [3.05, 3.63) is 12.4 Å². The van der Waals surface area contributed by atoms with Crippen LogP contribution < -0.4 is 10.2 Å². The molecule has 2 aromatic rings. The van der Waals surface area contributed by atoms with Crippen LogP contribution in [0.25, 0.3) is 10.9 Å². The summed E-state index contributed by atoms with van der Waals surface area (Å²) in [6.07, 6.45) is 3.51. The second-order valence-corrected chi connectivity index (χ2v) is 4.27. The summed E-state index contributed by atoms with van der Waals surface area (Å²) >= 11 is 0. The Labute approximate surface area is 98.9 Å². The summed E-state index contributed by atoms with van der Waals surface area (Å²) in [6, 6.07) is 0. The van der Waals surface area contributed by atoms with Gasteiger partial charge in [-0.3, -0.25) is 0 Å². The third-order valence-corrected chi connectivity index (χ3v) is 3.10. The lowest BCUT2D eigenvalue weighted by Gasteiger charge is -2.27. The lowest BCUT2D eigenvalue weighted by atomic mass is 10.3. The molecule has 17 heavy (non-hydrogen) atoms. The first kappa shape index (κ1) is 10.3. The number of hydrogen-bond donors (Lipinski definition) is 2. The number of aromatic nitrogens is 3. The Hall–Kier alpha value is -1.82. The minimum absolute atomic E-state index is 0.215. The van der Waals surface area contributed by atoms with Gasteiger partial charge in [-0.1, -0.05) is 0 Å². The summed E-state index contributed by atoms with van der Waals surface area (Å²) in [5.74, 6) is 0.955. The average molecular weight is 233 g/mol. The Balaban J connectivity index is 2.01. The number of aryl methyl sites for hydroxylation is 1. The summed E-state index contributed by atoms with van der Waals surface area (Å²) in [4.78, 5) is 11.0. The van der Waals surface area contributed by atoms with Gasteiger partial charge in [-0.25, -0.2) is 9.97 Å². The fraction of sp³-hybridized carbons (Fsp3) is 0.455. The predicted octanol–water partition coefficient (Wildman–Crippen LogP) is 0.0835. The first-order chi connectivity index (χ1) is 8.25. The van der Waals surface area contributed by atoms with E-state index in [2.05, 4.69) is 20.2 Å². The normalized spacial score (nSPS) is 16.6. The minimum Gasteiger partial charge on any atom is -0.494 e. The third-order valence-electron chi connectivity index (χ3n) is 3.10. The molecule has 0 aromatic carbocycles. The SMILES string of the molecule is Cn1cc2nc(N3CCNCC3)ncc2c1O. The molecule has 0 aliphatic carbocycles. The number of nitrogens with one attached hydrogen (secondary N) is 1. The molecule has 6 heteroatoms. The number of rotatable bonds is 1. The molecule has 0 atom stereocenters. The van der Waals surface area contributed by atoms with Gasteiger partial charge in [-0.2, -0.15) is 0 Å². The Morgan fingerprint density at radius 1 is 1.35 bits per heavy atom. The van der Waals surface area contributed by atoms with Crippen LogP contribution in [0, 0.1) is 0 Å². The van der Waals surface area contributed by atoms with E-state index in [0.29, 0.717) is 5.39 Å². The van der Waals surface area contributed by atoms with Crippen LogP contribution in [-0.4, -0.2) is 45.8 Å². The molecule has 2 aromatic heterocycles. The van der Waals surface area contributed by atoms with E-state index >= 15 is 0 Å². The third kappa shape index (κ3) is 1.70. The van der Waals surface area contributed by atoms with Crippen LogP contribution in [0.5, 0.6) is 5.88 Å². The van der Waals surface area contributed by atoms with E-state index in [-0.39, 0.29) is 5.88 Å². The highest BCUT2D eigenvalue weighted by molar-refractivity contribution is 5.84. The highest BCUT2D eigenvalue weighted by atomic mass is 16.3. The van der Waals surface area contributed by atoms with Gasteiger partial charge in [0.25, 0.3) is 0 Å². The molecular formula is C11H15N5O. The van der Waals surface area contributed by atoms with E-state index in [9.17, 15) is 5.11 Å². The van der Waals surface area contributed by atoms with Crippen molar-refractivity contribution in [2.45, 2.75) is 0 Å². The summed E-state index contributed by atoms with van der Waals surface area (Å²) in [5, 5.41) is 13.8. The zero-order valence-corrected chi connectivity index (χ0v) is 9.72. The number of piperazine rings is 1. The lowest BCUT2D eigenvalue weighted by molar-refractivity contribution is 0.437. The molecule has 2 N–H and O–H groups in total. The molecule has 90 valence electrons. The molecule has 3 heterocycles. The predicted molar refractivity (Wildman–Crippen MR) is 65.3 cm³/mol. The number of aromatic hydroxyl groups is 1. The molecule has 0 bridgehead atoms. The van der Waals surface area contributed by atoms with Gasteiger partial charge in [0.15, 0.2) is 0 Å². The number of anilines is 1. The van der Waals surface area contributed by atoms with Gasteiger partial charge in [0.2, 0.25) is 11.8 Å². The molecule has 0 unspecified atom stereocenters. The molecule has 1 aliphatic heterocycles. The maximum atomic E-state index is 9.76. The second-order valence-electron chi connectivity index (χ2n) is 4.27. The van der Waals surface area contributed by atoms with Crippen LogP contribution >= 0.6 is 0 Å². The molecule has 0 spiro atoms. The van der Waals surface area contributed by atoms with Gasteiger partial charge in [-0.05, 0) is 0 Å². The molecule has 0 radical (unpaired) electrons. The van der Waals surface area contributed by atoms with Crippen molar-refractivity contribution in [2.24, 2.45) is 7.05 Å². The largest absolute Gasteiger partial charge is 0.494 e. The highest BCUT2D eigenvalue weighted by Crippen LogP contribution is 2.25. The Morgan fingerprint density at radius 3 is 2.88 bits per heavy atom. The monoisotopic (exact) mass is 233 g/mol. The smallest absolute Gasteiger partial charge is 0.226 e. The van der Waals surface area contributed by atoms with Gasteiger partial charge in [0.05, 0.1) is 10.9 Å². The first-order valence-electron chi connectivity index (χ1n) is 5.72. The van der Waals surface area contributed by atoms with Gasteiger partial charge >= 0.3 is 0 Å². The Kier molecular flexibility index (Phi) is 2.36. The van der Waals surface area contributed by atoms with Gasteiger partial charge in [0, 0.05) is 45.6 Å². The fourth-order valence-corrected chi connectivity index (χ4v) is 2.11. The van der Waals surface area contributed by atoms with E-state index in [1.54, 1.807) is 17.8 Å². The van der Waals surface area contributed by atoms with E-state index in [4.69, 9.17) is 0 Å². The van der Waals surface area contributed by atoms with Crippen molar-refractivity contribution >= 4 is 16.9 Å². The summed E-state index contributed by atoms with van der Waals surface area (Å²) in [6.45, 7) is 3.76. The molecular weight excluding hydrogens is 218 g/mol. The molecule has 1 aliphatic rings. The molecule has 1 fully saturated rings. The van der Waals surface area contributed by atoms with Crippen molar-refractivity contribution in [3.8, 4) is 5.88 Å². The van der Waals surface area contributed by atoms with Crippen molar-refractivity contribution in [1.82, 2.24) is 19.9 Å². The molecule has 3 rings (SSSR count). The lowest BCUT2D eigenvalue weighted by Crippen LogP contribution is -2.44. The number of nitrogens with zero attached hydrogens (tertiary/aromatic N) is 4. The van der Waals surface area contributed by atoms with Crippen LogP contribution in [-0.2, 0) is 7.05 Å². The van der Waals surface area contributed by atoms with Crippen LogP contribution in [0.3, 0.4) is 0 Å². The van der Waals surface area contributed by atoms with Crippen LogP contribution in [0.2, 0.25) is 0 Å². The van der Waals surface area contributed by atoms with Crippen LogP contribution in [0.1, 0.15) is 0 Å². The van der Waals surface area contributed by atoms with Gasteiger partial charge < -0.3 is 19.9 Å². The van der Waals surface area contributed by atoms with E-state index < -0.39 is 0 Å². The number of fused-ring (bicyclic) bond motifs is 1. The number of hydrogen-bond acceptors (Lipinski definition) is 5. The van der Waals surface area contributed by atoms with Crippen molar-refractivity contribution in [3.63, 3.8) is 0 Å². The quantitative estimate of drug-likeness (QED) is 0.730. The second kappa shape index (κ2) is 3.89. The Morgan fingerprint density at radius 2 is 2.12 bits per heavy atom. The van der Waals surface area contributed by atoms with Gasteiger partial charge in [-0.15, -0.1) is 0 Å². The summed E-state index contributed by atoms with van der Waals surface area (Å²) in [7, 11) is 1.79. The molecule has 0 saturated carbocycles. The van der Waals surface area contributed by atoms with Gasteiger partial charge in [0.1, 0.15) is 0 Å². The summed E-state index contributed by atoms with van der Waals surface area (Å²) < 4.78 is 1.65. The van der Waals surface area contributed by atoms with Crippen molar-refractivity contribution < 1.29 is 5.11 Å². The van der Waals surface area contributed by atoms with Crippen LogP contribution in [0.4, 0.5) is 5.95 Å². The first-order valence-corrected chi connectivity index (χ1v) is 5.72. The Bertz CT molecular complexity index is 544. The topological polar surface area (TPSA) is 66.2 Å². The minimum atomic E-state index is 0.215. The van der Waals surface area contributed by atoms with Crippen molar-refractivity contribution in [1.29, 1.82) is 0 Å². The molecule has 6 nitrogen and oxygen atoms in total. The zero-order valence-electron chi connectivity index (χ0n) is 9.72. The van der Waals surface area contributed by atoms with E-state index in [1.165, 1.54) is 0 Å². The standard InChI is InChI=1S/C11H15N5O/c1-15-7-9-8(10(15)17)6-13-11(14-9)16-4-2-12-3-5-16/h6-7,12,17H,2-5H2,1H3. The fourth-order valence-electron chi connectivity index (χ4n) is 2.11. The maximum absolute atomic E-state index is 9.76. The van der Waals surface area contributed by atoms with Crippen molar-refractivity contribution in [2.75, 3.05) is 31.1 Å². The zero-order chi connectivity index (χ0) is 11.8. The van der Waals surface area contributed by atoms with E-state index in [0.717, 1.165) is 37.6 Å². The molecule has 1 saturated heterocycles. The maximum Gasteiger partial charge on any atom is 0.226 e. The van der Waals surface area contributed by atoms with Crippen LogP contribution in [0.15, 0.2) is 12.4 Å². The molecule has 0 amide bonds. The average Bonchev–Trinajstić information content (AvgIpc) is 2.66. The summed E-state index contributed by atoms with van der Waals surface area (Å²) in [5.41, 5.74) is 0.786.